The van der Waals surface area contributed by atoms with E-state index in [2.05, 4.69) is 5.32 Å². The lowest BCUT2D eigenvalue weighted by molar-refractivity contribution is -0.124. The number of hydrogen-bond donors (Lipinski definition) is 2. The predicted octanol–water partition coefficient (Wildman–Crippen LogP) is 0.900. The van der Waals surface area contributed by atoms with E-state index in [4.69, 9.17) is 5.73 Å². The summed E-state index contributed by atoms with van der Waals surface area (Å²) in [6.45, 7) is 0. The minimum absolute atomic E-state index is 0.00523. The highest BCUT2D eigenvalue weighted by Crippen LogP contribution is 2.23. The molecule has 0 spiro atoms. The van der Waals surface area contributed by atoms with Crippen LogP contribution in [0.4, 0.5) is 0 Å². The molecule has 0 radical (unpaired) electrons. The van der Waals surface area contributed by atoms with Gasteiger partial charge in [-0.2, -0.15) is 11.8 Å². The van der Waals surface area contributed by atoms with E-state index in [1.54, 1.807) is 0 Å². The summed E-state index contributed by atoms with van der Waals surface area (Å²) in [5, 5.41) is 2.93. The summed E-state index contributed by atoms with van der Waals surface area (Å²) in [5.74, 6) is -0.0163. The van der Waals surface area contributed by atoms with Crippen LogP contribution in [0.2, 0.25) is 0 Å². The van der Waals surface area contributed by atoms with Gasteiger partial charge < -0.3 is 11.1 Å². The molecule has 2 amide bonds. The lowest BCUT2D eigenvalue weighted by Crippen LogP contribution is -2.45. The molecule has 1 aliphatic rings. The van der Waals surface area contributed by atoms with Crippen LogP contribution in [0.1, 0.15) is 32.1 Å². The van der Waals surface area contributed by atoms with Gasteiger partial charge in [-0.1, -0.05) is 19.3 Å². The molecule has 4 nitrogen and oxygen atoms in total. The quantitative estimate of drug-likeness (QED) is 0.722. The Balaban J connectivity index is 2.57. The van der Waals surface area contributed by atoms with Crippen molar-refractivity contribution in [3.8, 4) is 0 Å². The minimum atomic E-state index is -0.281. The third-order valence-electron chi connectivity index (χ3n) is 3.00. The summed E-state index contributed by atoms with van der Waals surface area (Å²) < 4.78 is 0. The van der Waals surface area contributed by atoms with E-state index in [0.29, 0.717) is 5.75 Å². The van der Waals surface area contributed by atoms with Gasteiger partial charge in [-0.25, -0.2) is 0 Å². The molecule has 3 N–H and O–H groups in total. The molecule has 1 saturated carbocycles. The Bertz CT molecular complexity index is 258. The molecular weight excluding hydrogens is 224 g/mol. The van der Waals surface area contributed by atoms with E-state index >= 15 is 0 Å². The molecule has 1 fully saturated rings. The van der Waals surface area contributed by atoms with Crippen LogP contribution in [-0.4, -0.2) is 29.9 Å². The van der Waals surface area contributed by atoms with E-state index in [1.165, 1.54) is 11.8 Å². The molecule has 1 aliphatic carbocycles. The minimum Gasteiger partial charge on any atom is -0.369 e. The SMILES string of the molecule is CSCC(=O)N[C@H]1CCCCC[C@H]1C(N)=O. The van der Waals surface area contributed by atoms with Crippen molar-refractivity contribution in [1.82, 2.24) is 5.32 Å². The Hall–Kier alpha value is -0.710. The van der Waals surface area contributed by atoms with Crippen molar-refractivity contribution in [3.63, 3.8) is 0 Å². The number of carbonyl (C=O) groups excluding carboxylic acids is 2. The molecule has 1 rings (SSSR count). The molecule has 0 aromatic heterocycles. The van der Waals surface area contributed by atoms with Crippen molar-refractivity contribution in [1.29, 1.82) is 0 Å². The molecule has 92 valence electrons. The topological polar surface area (TPSA) is 72.2 Å². The number of thioether (sulfide) groups is 1. The average Bonchev–Trinajstić information content (AvgIpc) is 2.43. The van der Waals surface area contributed by atoms with Gasteiger partial charge in [0.15, 0.2) is 0 Å². The third kappa shape index (κ3) is 4.04. The van der Waals surface area contributed by atoms with E-state index in [9.17, 15) is 9.59 Å². The predicted molar refractivity (Wildman–Crippen MR) is 66.1 cm³/mol. The molecule has 0 saturated heterocycles. The second kappa shape index (κ2) is 6.78. The zero-order chi connectivity index (χ0) is 12.0. The molecule has 16 heavy (non-hydrogen) atoms. The normalized spacial score (nSPS) is 25.8. The maximum atomic E-state index is 11.5. The first-order chi connectivity index (χ1) is 7.65. The highest BCUT2D eigenvalue weighted by Gasteiger charge is 2.28. The zero-order valence-corrected chi connectivity index (χ0v) is 10.5. The second-order valence-electron chi connectivity index (χ2n) is 4.25. The standard InChI is InChI=1S/C11H20N2O2S/c1-16-7-10(14)13-9-6-4-2-3-5-8(9)11(12)15/h8-9H,2-7H2,1H3,(H2,12,15)(H,13,14)/t8-,9+/m1/s1. The third-order valence-corrected chi connectivity index (χ3v) is 3.55. The first-order valence-corrected chi connectivity index (χ1v) is 7.12. The molecule has 2 atom stereocenters. The van der Waals surface area contributed by atoms with Crippen LogP contribution in [0.3, 0.4) is 0 Å². The number of nitrogens with one attached hydrogen (secondary N) is 1. The van der Waals surface area contributed by atoms with Gasteiger partial charge in [0, 0.05) is 6.04 Å². The van der Waals surface area contributed by atoms with Gasteiger partial charge in [0.2, 0.25) is 11.8 Å². The number of carbonyl (C=O) groups is 2. The number of hydrogen-bond acceptors (Lipinski definition) is 3. The molecule has 0 bridgehead atoms. The summed E-state index contributed by atoms with van der Waals surface area (Å²) in [5.41, 5.74) is 5.38. The number of rotatable bonds is 4. The highest BCUT2D eigenvalue weighted by atomic mass is 32.2. The lowest BCUT2D eigenvalue weighted by atomic mass is 9.94. The number of primary amides is 1. The molecule has 0 unspecified atom stereocenters. The first-order valence-electron chi connectivity index (χ1n) is 5.72. The van der Waals surface area contributed by atoms with E-state index < -0.39 is 0 Å². The Labute approximate surface area is 101 Å². The van der Waals surface area contributed by atoms with Crippen LogP contribution in [0.25, 0.3) is 0 Å². The van der Waals surface area contributed by atoms with Gasteiger partial charge in [0.1, 0.15) is 0 Å². The Kier molecular flexibility index (Phi) is 5.66. The summed E-state index contributed by atoms with van der Waals surface area (Å²) in [7, 11) is 0. The van der Waals surface area contributed by atoms with Crippen LogP contribution in [0.15, 0.2) is 0 Å². The van der Waals surface area contributed by atoms with Gasteiger partial charge in [0.05, 0.1) is 11.7 Å². The van der Waals surface area contributed by atoms with Gasteiger partial charge in [-0.3, -0.25) is 9.59 Å². The van der Waals surface area contributed by atoms with E-state index in [-0.39, 0.29) is 23.8 Å². The van der Waals surface area contributed by atoms with Crippen molar-refractivity contribution in [2.24, 2.45) is 11.7 Å². The molecule has 0 aromatic carbocycles. The zero-order valence-electron chi connectivity index (χ0n) is 9.70. The van der Waals surface area contributed by atoms with Crippen LogP contribution in [-0.2, 0) is 9.59 Å². The van der Waals surface area contributed by atoms with Crippen molar-refractivity contribution >= 4 is 23.6 Å². The van der Waals surface area contributed by atoms with Crippen molar-refractivity contribution in [3.05, 3.63) is 0 Å². The van der Waals surface area contributed by atoms with Crippen LogP contribution >= 0.6 is 11.8 Å². The number of nitrogens with two attached hydrogens (primary N) is 1. The summed E-state index contributed by atoms with van der Waals surface area (Å²) >= 11 is 1.48. The van der Waals surface area contributed by atoms with Crippen molar-refractivity contribution < 1.29 is 9.59 Å². The fourth-order valence-electron chi connectivity index (χ4n) is 2.20. The maximum Gasteiger partial charge on any atom is 0.230 e. The molecular formula is C11H20N2O2S. The van der Waals surface area contributed by atoms with Crippen LogP contribution < -0.4 is 11.1 Å². The summed E-state index contributed by atoms with van der Waals surface area (Å²) in [6, 6.07) is -0.0559. The summed E-state index contributed by atoms with van der Waals surface area (Å²) in [4.78, 5) is 22.8. The van der Waals surface area contributed by atoms with Gasteiger partial charge >= 0.3 is 0 Å². The lowest BCUT2D eigenvalue weighted by Gasteiger charge is -2.23. The molecule has 0 aromatic rings. The van der Waals surface area contributed by atoms with Gasteiger partial charge in [-0.15, -0.1) is 0 Å². The molecule has 0 aliphatic heterocycles. The van der Waals surface area contributed by atoms with Crippen LogP contribution in [0.5, 0.6) is 0 Å². The fraction of sp³-hybridized carbons (Fsp3) is 0.818. The fourth-order valence-corrected chi connectivity index (χ4v) is 2.55. The molecule has 0 heterocycles. The molecule has 5 heteroatoms. The van der Waals surface area contributed by atoms with Gasteiger partial charge in [-0.05, 0) is 19.1 Å². The largest absolute Gasteiger partial charge is 0.369 e. The van der Waals surface area contributed by atoms with E-state index in [0.717, 1.165) is 32.1 Å². The first kappa shape index (κ1) is 13.4. The van der Waals surface area contributed by atoms with Crippen molar-refractivity contribution in [2.45, 2.75) is 38.1 Å². The smallest absolute Gasteiger partial charge is 0.230 e. The average molecular weight is 244 g/mol. The van der Waals surface area contributed by atoms with Crippen LogP contribution in [0, 0.1) is 5.92 Å². The summed E-state index contributed by atoms with van der Waals surface area (Å²) in [6.07, 6.45) is 6.78. The highest BCUT2D eigenvalue weighted by molar-refractivity contribution is 7.99. The second-order valence-corrected chi connectivity index (χ2v) is 5.12. The number of amides is 2. The Morgan fingerprint density at radius 2 is 2.00 bits per heavy atom. The van der Waals surface area contributed by atoms with Crippen molar-refractivity contribution in [2.75, 3.05) is 12.0 Å². The Morgan fingerprint density at radius 3 is 2.62 bits per heavy atom. The Morgan fingerprint density at radius 1 is 1.31 bits per heavy atom. The monoisotopic (exact) mass is 244 g/mol. The van der Waals surface area contributed by atoms with Gasteiger partial charge in [0.25, 0.3) is 0 Å². The maximum absolute atomic E-state index is 11.5. The van der Waals surface area contributed by atoms with E-state index in [1.807, 2.05) is 6.26 Å².